The predicted molar refractivity (Wildman–Crippen MR) is 93.6 cm³/mol. The third-order valence-corrected chi connectivity index (χ3v) is 4.04. The number of imide groups is 2. The topological polar surface area (TPSA) is 125 Å². The Hall–Kier alpha value is -3.69. The van der Waals surface area contributed by atoms with Crippen molar-refractivity contribution in [3.63, 3.8) is 0 Å². The van der Waals surface area contributed by atoms with E-state index in [2.05, 4.69) is 0 Å². The molecule has 1 aromatic heterocycles. The molecule has 0 aliphatic carbocycles. The maximum atomic E-state index is 12.0. The van der Waals surface area contributed by atoms with Gasteiger partial charge >= 0.3 is 11.7 Å². The van der Waals surface area contributed by atoms with Crippen LogP contribution in [0, 0.1) is 0 Å². The zero-order valence-corrected chi connectivity index (χ0v) is 15.1. The number of nitrogens with zero attached hydrogens (tertiary/aromatic N) is 4. The monoisotopic (exact) mass is 373 g/mol. The molecule has 2 heterocycles. The van der Waals surface area contributed by atoms with Crippen LogP contribution in [0.2, 0.25) is 0 Å². The molecule has 0 saturated carbocycles. The molecule has 2 rings (SSSR count). The molecule has 1 aliphatic heterocycles. The summed E-state index contributed by atoms with van der Waals surface area (Å²) in [5.41, 5.74) is -1.86. The summed E-state index contributed by atoms with van der Waals surface area (Å²) in [5.74, 6) is -2.19. The van der Waals surface area contributed by atoms with E-state index in [0.29, 0.717) is 0 Å². The fraction of sp³-hybridized carbons (Fsp3) is 0.235. The molecule has 1 fully saturated rings. The van der Waals surface area contributed by atoms with Gasteiger partial charge in [-0.2, -0.15) is 0 Å². The van der Waals surface area contributed by atoms with Crippen molar-refractivity contribution in [2.45, 2.75) is 0 Å². The average molecular weight is 373 g/mol. The first-order valence-electron chi connectivity index (χ1n) is 7.71. The quantitative estimate of drug-likeness (QED) is 0.369. The predicted octanol–water partition coefficient (Wildman–Crippen LogP) is -1.30. The van der Waals surface area contributed by atoms with Crippen LogP contribution in [0.5, 0.6) is 5.88 Å². The number of barbiturate groups is 1. The first-order valence-corrected chi connectivity index (χ1v) is 7.71. The van der Waals surface area contributed by atoms with E-state index < -0.39 is 35.0 Å². The van der Waals surface area contributed by atoms with E-state index in [-0.39, 0.29) is 11.1 Å². The molecule has 4 amide bonds. The number of carbonyl (C=O) groups is 3. The summed E-state index contributed by atoms with van der Waals surface area (Å²) in [4.78, 5) is 60.9. The number of allylic oxidation sites excluding steroid dienone is 4. The zero-order valence-electron chi connectivity index (χ0n) is 15.1. The van der Waals surface area contributed by atoms with Crippen LogP contribution < -0.4 is 16.4 Å². The minimum atomic E-state index is -0.731. The van der Waals surface area contributed by atoms with Crippen molar-refractivity contribution in [1.82, 2.24) is 18.9 Å². The number of hydrogen-bond donors (Lipinski definition) is 0. The van der Waals surface area contributed by atoms with Gasteiger partial charge in [-0.1, -0.05) is 18.2 Å². The molecule has 1 saturated heterocycles. The number of urea groups is 1. The summed E-state index contributed by atoms with van der Waals surface area (Å²) in [5, 5.41) is 12.0. The Kier molecular flexibility index (Phi) is 5.29. The van der Waals surface area contributed by atoms with Gasteiger partial charge in [-0.25, -0.2) is 9.59 Å². The molecule has 0 radical (unpaired) electrons. The Morgan fingerprint density at radius 2 is 1.33 bits per heavy atom. The lowest BCUT2D eigenvalue weighted by molar-refractivity contribution is -0.280. The van der Waals surface area contributed by atoms with E-state index in [1.165, 1.54) is 58.6 Å². The van der Waals surface area contributed by atoms with Crippen LogP contribution in [0.1, 0.15) is 5.56 Å². The van der Waals surface area contributed by atoms with Crippen molar-refractivity contribution in [3.05, 3.63) is 56.3 Å². The highest BCUT2D eigenvalue weighted by Crippen LogP contribution is 2.14. The molecule has 0 spiro atoms. The second kappa shape index (κ2) is 7.28. The molecule has 0 N–H and O–H groups in total. The highest BCUT2D eigenvalue weighted by atomic mass is 16.3. The maximum absolute atomic E-state index is 12.0. The lowest BCUT2D eigenvalue weighted by Crippen LogP contribution is -2.52. The van der Waals surface area contributed by atoms with Gasteiger partial charge in [0.05, 0.1) is 0 Å². The summed E-state index contributed by atoms with van der Waals surface area (Å²) in [6.45, 7) is 0. The molecule has 1 aromatic rings. The standard InChI is InChI=1S/C17H18N4O6/c1-18-12(22)10(13(23)19(2)16(18)26)8-6-5-7-9-11-14(24)20(3)17(27)21(4)15(11)25/h5-9,22H,1-4H3/p-1/b7-5+,8-6+. The van der Waals surface area contributed by atoms with Crippen LogP contribution >= 0.6 is 0 Å². The van der Waals surface area contributed by atoms with Gasteiger partial charge < -0.3 is 9.67 Å². The maximum Gasteiger partial charge on any atom is 0.333 e. The lowest BCUT2D eigenvalue weighted by atomic mass is 10.1. The van der Waals surface area contributed by atoms with E-state index in [9.17, 15) is 29.1 Å². The smallest absolute Gasteiger partial charge is 0.333 e. The zero-order chi connectivity index (χ0) is 20.5. The number of aromatic nitrogens is 2. The third-order valence-electron chi connectivity index (χ3n) is 4.04. The molecule has 10 nitrogen and oxygen atoms in total. The summed E-state index contributed by atoms with van der Waals surface area (Å²) in [7, 11) is 5.04. The Morgan fingerprint density at radius 3 is 1.89 bits per heavy atom. The van der Waals surface area contributed by atoms with Crippen molar-refractivity contribution >= 4 is 23.9 Å². The van der Waals surface area contributed by atoms with Crippen LogP contribution in [-0.2, 0) is 23.7 Å². The van der Waals surface area contributed by atoms with E-state index >= 15 is 0 Å². The fourth-order valence-corrected chi connectivity index (χ4v) is 2.36. The molecule has 142 valence electrons. The van der Waals surface area contributed by atoms with Gasteiger partial charge in [0, 0.05) is 33.8 Å². The molecule has 27 heavy (non-hydrogen) atoms. The Morgan fingerprint density at radius 1 is 0.778 bits per heavy atom. The molecule has 10 heteroatoms. The van der Waals surface area contributed by atoms with Gasteiger partial charge in [0.1, 0.15) is 5.57 Å². The Labute approximate surface area is 153 Å². The minimum absolute atomic E-state index is 0.202. The average Bonchev–Trinajstić information content (AvgIpc) is 2.66. The minimum Gasteiger partial charge on any atom is -0.859 e. The van der Waals surface area contributed by atoms with Gasteiger partial charge in [-0.15, -0.1) is 0 Å². The number of amides is 4. The van der Waals surface area contributed by atoms with Crippen molar-refractivity contribution < 1.29 is 19.5 Å². The lowest BCUT2D eigenvalue weighted by Gasteiger charge is -2.28. The third kappa shape index (κ3) is 3.36. The number of carbonyl (C=O) groups excluding carboxylic acids is 3. The van der Waals surface area contributed by atoms with Crippen LogP contribution in [0.25, 0.3) is 6.08 Å². The van der Waals surface area contributed by atoms with E-state index in [4.69, 9.17) is 0 Å². The van der Waals surface area contributed by atoms with E-state index in [0.717, 1.165) is 18.9 Å². The molecule has 0 aromatic carbocycles. The van der Waals surface area contributed by atoms with Crippen molar-refractivity contribution in [2.24, 2.45) is 14.1 Å². The molecule has 0 bridgehead atoms. The van der Waals surface area contributed by atoms with Crippen molar-refractivity contribution in [2.75, 3.05) is 14.1 Å². The number of rotatable bonds is 3. The van der Waals surface area contributed by atoms with E-state index in [1.54, 1.807) is 0 Å². The fourth-order valence-electron chi connectivity index (χ4n) is 2.36. The van der Waals surface area contributed by atoms with Crippen molar-refractivity contribution in [3.8, 4) is 5.88 Å². The molecule has 1 aliphatic rings. The highest BCUT2D eigenvalue weighted by molar-refractivity contribution is 6.28. The summed E-state index contributed by atoms with van der Waals surface area (Å²) >= 11 is 0. The molecule has 0 unspecified atom stereocenters. The van der Waals surface area contributed by atoms with Gasteiger partial charge in [0.25, 0.3) is 17.4 Å². The van der Waals surface area contributed by atoms with Gasteiger partial charge in [0.15, 0.2) is 0 Å². The van der Waals surface area contributed by atoms with Crippen LogP contribution in [0.4, 0.5) is 4.79 Å². The molecular weight excluding hydrogens is 356 g/mol. The Bertz CT molecular complexity index is 1010. The second-order valence-corrected chi connectivity index (χ2v) is 5.76. The Balaban J connectivity index is 2.29. The first kappa shape index (κ1) is 19.6. The molecule has 0 atom stereocenters. The van der Waals surface area contributed by atoms with E-state index in [1.807, 2.05) is 0 Å². The first-order chi connectivity index (χ1) is 12.6. The van der Waals surface area contributed by atoms with Crippen LogP contribution in [0.3, 0.4) is 0 Å². The van der Waals surface area contributed by atoms with Crippen molar-refractivity contribution in [1.29, 1.82) is 0 Å². The van der Waals surface area contributed by atoms with Crippen LogP contribution in [-0.4, -0.2) is 50.9 Å². The number of likely N-dealkylation sites (N-methyl/N-ethyl adjacent to an activating group) is 2. The highest BCUT2D eigenvalue weighted by Gasteiger charge is 2.37. The second-order valence-electron chi connectivity index (χ2n) is 5.76. The summed E-state index contributed by atoms with van der Waals surface area (Å²) in [6.07, 6.45) is 6.57. The number of hydrogen-bond acceptors (Lipinski definition) is 6. The SMILES string of the molecule is CN1C(=O)C(=C/C=C/C=C/c2c([O-])n(C)c(=O)n(C)c2=O)C(=O)N(C)C1=O. The summed E-state index contributed by atoms with van der Waals surface area (Å²) < 4.78 is 1.63. The van der Waals surface area contributed by atoms with Crippen LogP contribution in [0.15, 0.2) is 39.5 Å². The summed E-state index contributed by atoms with van der Waals surface area (Å²) in [6, 6.07) is -0.723. The largest absolute Gasteiger partial charge is 0.859 e. The molecular formula is C17H17N4O6-. The van der Waals surface area contributed by atoms with Gasteiger partial charge in [-0.3, -0.25) is 28.8 Å². The van der Waals surface area contributed by atoms with Gasteiger partial charge in [-0.05, 0) is 18.0 Å². The normalized spacial score (nSPS) is 15.6. The van der Waals surface area contributed by atoms with Gasteiger partial charge in [0.2, 0.25) is 0 Å².